The molecule has 0 saturated heterocycles. The number of rotatable bonds is 8. The minimum absolute atomic E-state index is 0.0840. The van der Waals surface area contributed by atoms with Gasteiger partial charge in [0.25, 0.3) is 0 Å². The van der Waals surface area contributed by atoms with Crippen LogP contribution in [0, 0.1) is 5.82 Å². The monoisotopic (exact) mass is 459 g/mol. The zero-order chi connectivity index (χ0) is 20.8. The summed E-state index contributed by atoms with van der Waals surface area (Å²) in [5.41, 5.74) is 0.0935. The quantitative estimate of drug-likeness (QED) is 0.334. The second kappa shape index (κ2) is 10.4. The maximum Gasteiger partial charge on any atom is 0.325 e. The first-order valence-corrected chi connectivity index (χ1v) is 11.8. The Morgan fingerprint density at radius 3 is 2.83 bits per heavy atom. The van der Waals surface area contributed by atoms with Crippen LogP contribution in [0.3, 0.4) is 0 Å². The molecule has 2 heterocycles. The second-order valence-corrected chi connectivity index (χ2v) is 9.01. The van der Waals surface area contributed by atoms with E-state index in [1.165, 1.54) is 23.9 Å². The highest BCUT2D eigenvalue weighted by atomic mass is 35.5. The number of thioether (sulfide) groups is 1. The lowest BCUT2D eigenvalue weighted by Gasteiger charge is -2.15. The normalized spacial score (nSPS) is 14.1. The molecule has 6 nitrogen and oxygen atoms in total. The van der Waals surface area contributed by atoms with Gasteiger partial charge in [0, 0.05) is 18.0 Å². The average Bonchev–Trinajstić information content (AvgIpc) is 3.02. The molecule has 3 rings (SSSR count). The molecular formula is C19H23ClFN3O3S2. The van der Waals surface area contributed by atoms with Crippen molar-refractivity contribution in [1.29, 1.82) is 0 Å². The van der Waals surface area contributed by atoms with E-state index in [9.17, 15) is 14.0 Å². The number of carbonyl (C=O) groups is 1. The van der Waals surface area contributed by atoms with E-state index in [1.807, 2.05) is 0 Å². The van der Waals surface area contributed by atoms with Gasteiger partial charge in [-0.05, 0) is 42.7 Å². The number of hydrogen-bond donors (Lipinski definition) is 0. The molecule has 0 aliphatic carbocycles. The number of aromatic nitrogens is 2. The summed E-state index contributed by atoms with van der Waals surface area (Å²) >= 11 is 8.32. The Hall–Kier alpha value is -1.58. The summed E-state index contributed by atoms with van der Waals surface area (Å²) in [6, 6.07) is 2.70. The highest BCUT2D eigenvalue weighted by Crippen LogP contribution is 2.33. The summed E-state index contributed by atoms with van der Waals surface area (Å²) in [7, 11) is 0. The molecule has 2 aromatic rings. The fourth-order valence-corrected chi connectivity index (χ4v) is 4.90. The van der Waals surface area contributed by atoms with E-state index in [4.69, 9.17) is 16.3 Å². The number of halogens is 2. The van der Waals surface area contributed by atoms with Crippen LogP contribution >= 0.6 is 34.7 Å². The third-order valence-electron chi connectivity index (χ3n) is 4.47. The summed E-state index contributed by atoms with van der Waals surface area (Å²) in [5.74, 6) is -0.821. The van der Waals surface area contributed by atoms with Gasteiger partial charge in [0.2, 0.25) is 4.80 Å². The van der Waals surface area contributed by atoms with E-state index in [2.05, 4.69) is 11.9 Å². The van der Waals surface area contributed by atoms with Gasteiger partial charge in [-0.3, -0.25) is 14.3 Å². The van der Waals surface area contributed by atoms with Gasteiger partial charge in [0.15, 0.2) is 0 Å². The number of unbranched alkanes of at least 4 members (excludes halogenated alkanes) is 2. The number of nitrogens with zero attached hydrogens (tertiary/aromatic N) is 3. The maximum atomic E-state index is 14.4. The molecule has 0 saturated carbocycles. The Balaban J connectivity index is 1.77. The van der Waals surface area contributed by atoms with Crippen LogP contribution in [0.25, 0.3) is 0 Å². The highest BCUT2D eigenvalue weighted by molar-refractivity contribution is 8.00. The van der Waals surface area contributed by atoms with Crippen LogP contribution in [0.15, 0.2) is 26.8 Å². The predicted molar refractivity (Wildman–Crippen MR) is 114 cm³/mol. The number of carbonyl (C=O) groups excluding carboxylic acids is 1. The molecule has 0 radical (unpaired) electrons. The Bertz CT molecular complexity index is 1000. The van der Waals surface area contributed by atoms with E-state index >= 15 is 0 Å². The first-order chi connectivity index (χ1) is 14.0. The molecule has 0 amide bonds. The van der Waals surface area contributed by atoms with Crippen molar-refractivity contribution in [2.24, 2.45) is 4.99 Å². The topological polar surface area (TPSA) is 65.6 Å². The van der Waals surface area contributed by atoms with Crippen molar-refractivity contribution in [2.45, 2.75) is 57.0 Å². The smallest absolute Gasteiger partial charge is 0.325 e. The predicted octanol–water partition coefficient (Wildman–Crippen LogP) is 4.36. The van der Waals surface area contributed by atoms with Crippen LogP contribution in [-0.4, -0.2) is 27.7 Å². The molecule has 0 N–H and O–H groups in total. The van der Waals surface area contributed by atoms with Crippen LogP contribution in [0.4, 0.5) is 10.1 Å². The lowest BCUT2D eigenvalue weighted by molar-refractivity contribution is -0.140. The first-order valence-electron chi connectivity index (χ1n) is 9.62. The Morgan fingerprint density at radius 2 is 2.07 bits per heavy atom. The second-order valence-electron chi connectivity index (χ2n) is 6.67. The van der Waals surface area contributed by atoms with Gasteiger partial charge >= 0.3 is 10.8 Å². The molecule has 1 aromatic heterocycles. The molecule has 29 heavy (non-hydrogen) atoms. The van der Waals surface area contributed by atoms with Crippen molar-refractivity contribution in [3.8, 4) is 0 Å². The number of benzene rings is 1. The molecule has 1 aliphatic rings. The summed E-state index contributed by atoms with van der Waals surface area (Å²) in [4.78, 5) is 29.3. The van der Waals surface area contributed by atoms with Gasteiger partial charge in [0.1, 0.15) is 11.5 Å². The molecule has 0 atom stereocenters. The maximum absolute atomic E-state index is 14.4. The summed E-state index contributed by atoms with van der Waals surface area (Å²) in [6.07, 6.45) is 4.81. The zero-order valence-corrected chi connectivity index (χ0v) is 18.5. The number of fused-ring (bicyclic) bond motifs is 1. The molecule has 0 spiro atoms. The van der Waals surface area contributed by atoms with Crippen LogP contribution < -0.4 is 9.67 Å². The van der Waals surface area contributed by atoms with Crippen LogP contribution in [-0.2, 0) is 22.6 Å². The van der Waals surface area contributed by atoms with Gasteiger partial charge in [-0.1, -0.05) is 31.4 Å². The van der Waals surface area contributed by atoms with Crippen molar-refractivity contribution < 1.29 is 13.9 Å². The Kier molecular flexibility index (Phi) is 7.97. The van der Waals surface area contributed by atoms with Gasteiger partial charge in [-0.15, -0.1) is 11.8 Å². The SMILES string of the molecule is CCCCCOC(=O)CSc1cc(/N=c2/sc(=O)n3n2CCCC3)c(F)cc1Cl. The molecular weight excluding hydrogens is 437 g/mol. The summed E-state index contributed by atoms with van der Waals surface area (Å²) in [5, 5.41) is 0.213. The minimum atomic E-state index is -0.572. The third kappa shape index (κ3) is 5.73. The largest absolute Gasteiger partial charge is 0.465 e. The van der Waals surface area contributed by atoms with Gasteiger partial charge in [-0.2, -0.15) is 0 Å². The number of ether oxygens (including phenoxy) is 1. The van der Waals surface area contributed by atoms with Crippen molar-refractivity contribution >= 4 is 46.4 Å². The number of hydrogen-bond acceptors (Lipinski definition) is 6. The fourth-order valence-electron chi connectivity index (χ4n) is 2.95. The van der Waals surface area contributed by atoms with E-state index in [0.29, 0.717) is 29.4 Å². The van der Waals surface area contributed by atoms with E-state index in [-0.39, 0.29) is 27.3 Å². The van der Waals surface area contributed by atoms with E-state index in [0.717, 1.165) is 43.4 Å². The molecule has 10 heteroatoms. The van der Waals surface area contributed by atoms with Gasteiger partial charge < -0.3 is 4.74 Å². The number of esters is 1. The Morgan fingerprint density at radius 1 is 1.31 bits per heavy atom. The highest BCUT2D eigenvalue weighted by Gasteiger charge is 2.15. The lowest BCUT2D eigenvalue weighted by atomic mass is 10.3. The molecule has 0 unspecified atom stereocenters. The van der Waals surface area contributed by atoms with Gasteiger partial charge in [-0.25, -0.2) is 14.1 Å². The summed E-state index contributed by atoms with van der Waals surface area (Å²) in [6.45, 7) is 3.81. The first kappa shape index (κ1) is 22.1. The Labute approximate surface area is 181 Å². The van der Waals surface area contributed by atoms with Crippen molar-refractivity contribution in [3.63, 3.8) is 0 Å². The van der Waals surface area contributed by atoms with Crippen molar-refractivity contribution in [3.05, 3.63) is 37.4 Å². The molecule has 0 bridgehead atoms. The minimum Gasteiger partial charge on any atom is -0.465 e. The fraction of sp³-hybridized carbons (Fsp3) is 0.526. The van der Waals surface area contributed by atoms with Crippen LogP contribution in [0.5, 0.6) is 0 Å². The molecule has 1 aromatic carbocycles. The van der Waals surface area contributed by atoms with Crippen LogP contribution in [0.2, 0.25) is 5.02 Å². The van der Waals surface area contributed by atoms with E-state index in [1.54, 1.807) is 9.36 Å². The third-order valence-corrected chi connectivity index (χ3v) is 6.79. The van der Waals surface area contributed by atoms with Crippen molar-refractivity contribution in [2.75, 3.05) is 12.4 Å². The van der Waals surface area contributed by atoms with Crippen LogP contribution in [0.1, 0.15) is 39.0 Å². The molecule has 1 aliphatic heterocycles. The lowest BCUT2D eigenvalue weighted by Crippen LogP contribution is -2.31. The molecule has 158 valence electrons. The van der Waals surface area contributed by atoms with E-state index < -0.39 is 5.82 Å². The van der Waals surface area contributed by atoms with Gasteiger partial charge in [0.05, 0.1) is 17.4 Å². The molecule has 0 fully saturated rings. The summed E-state index contributed by atoms with van der Waals surface area (Å²) < 4.78 is 23.0. The van der Waals surface area contributed by atoms with Crippen molar-refractivity contribution in [1.82, 2.24) is 9.36 Å². The zero-order valence-electron chi connectivity index (χ0n) is 16.2. The standard InChI is InChI=1S/C19H23ClFN3O3S2/c1-2-3-6-9-27-17(25)12-28-16-11-15(14(21)10-13(16)20)22-18-23-7-4-5-8-24(23)19(26)29-18/h10-11H,2-9,12H2,1H3/b22-18+. The average molecular weight is 460 g/mol.